The van der Waals surface area contributed by atoms with Crippen LogP contribution in [0.25, 0.3) is 0 Å². The van der Waals surface area contributed by atoms with Crippen molar-refractivity contribution in [3.8, 4) is 0 Å². The summed E-state index contributed by atoms with van der Waals surface area (Å²) in [6.45, 7) is 13.0. The maximum Gasteiger partial charge on any atom is 0.407 e. The number of aromatic nitrogens is 3. The van der Waals surface area contributed by atoms with Gasteiger partial charge in [0.05, 0.1) is 0 Å². The van der Waals surface area contributed by atoms with E-state index >= 15 is 0 Å². The highest BCUT2D eigenvalue weighted by Gasteiger charge is 2.15. The lowest BCUT2D eigenvalue weighted by Gasteiger charge is -2.19. The Bertz CT molecular complexity index is 570. The molecule has 27 heavy (non-hydrogen) atoms. The van der Waals surface area contributed by atoms with Crippen LogP contribution in [0.2, 0.25) is 0 Å². The summed E-state index contributed by atoms with van der Waals surface area (Å²) in [6, 6.07) is 0. The summed E-state index contributed by atoms with van der Waals surface area (Å²) < 4.78 is 7.22. The summed E-state index contributed by atoms with van der Waals surface area (Å²) in [5, 5.41) is 17.2. The minimum Gasteiger partial charge on any atom is -0.444 e. The van der Waals surface area contributed by atoms with Crippen molar-refractivity contribution in [2.75, 3.05) is 26.2 Å². The molecule has 0 atom stereocenters. The summed E-state index contributed by atoms with van der Waals surface area (Å²) in [4.78, 5) is 16.1. The zero-order chi connectivity index (χ0) is 19.4. The third kappa shape index (κ3) is 11.7. The Kier molecular flexibility index (Phi) is 12.8. The third-order valence-electron chi connectivity index (χ3n) is 3.27. The van der Waals surface area contributed by atoms with Gasteiger partial charge in [-0.1, -0.05) is 6.92 Å². The third-order valence-corrected chi connectivity index (χ3v) is 3.27. The first-order valence-electron chi connectivity index (χ1n) is 9.21. The van der Waals surface area contributed by atoms with Gasteiger partial charge in [-0.3, -0.25) is 4.99 Å². The number of hydrogen-bond donors (Lipinski definition) is 3. The van der Waals surface area contributed by atoms with Crippen LogP contribution < -0.4 is 16.0 Å². The highest BCUT2D eigenvalue weighted by Crippen LogP contribution is 2.06. The van der Waals surface area contributed by atoms with E-state index in [0.29, 0.717) is 13.1 Å². The maximum atomic E-state index is 11.6. The molecule has 1 aromatic rings. The average molecular weight is 495 g/mol. The largest absolute Gasteiger partial charge is 0.444 e. The fraction of sp³-hybridized carbons (Fsp3) is 0.765. The van der Waals surface area contributed by atoms with Crippen molar-refractivity contribution in [1.82, 2.24) is 30.7 Å². The molecule has 0 unspecified atom stereocenters. The molecule has 0 fully saturated rings. The van der Waals surface area contributed by atoms with Gasteiger partial charge in [-0.05, 0) is 34.1 Å². The molecule has 0 saturated carbocycles. The van der Waals surface area contributed by atoms with Gasteiger partial charge in [0.1, 0.15) is 17.8 Å². The number of nitrogens with one attached hydrogen (secondary N) is 3. The van der Waals surface area contributed by atoms with Crippen molar-refractivity contribution in [2.24, 2.45) is 4.99 Å². The van der Waals surface area contributed by atoms with Gasteiger partial charge < -0.3 is 25.3 Å². The first-order valence-corrected chi connectivity index (χ1v) is 9.21. The number of rotatable bonds is 9. The lowest BCUT2D eigenvalue weighted by Crippen LogP contribution is -2.39. The number of nitrogens with zero attached hydrogens (tertiary/aromatic N) is 4. The van der Waals surface area contributed by atoms with Crippen molar-refractivity contribution in [3.05, 3.63) is 12.2 Å². The number of alkyl carbamates (subject to hydrolysis) is 1. The molecule has 1 rings (SSSR count). The van der Waals surface area contributed by atoms with Crippen molar-refractivity contribution in [1.29, 1.82) is 0 Å². The predicted octanol–water partition coefficient (Wildman–Crippen LogP) is 1.93. The summed E-state index contributed by atoms with van der Waals surface area (Å²) >= 11 is 0. The number of carbonyl (C=O) groups is 1. The van der Waals surface area contributed by atoms with Gasteiger partial charge in [-0.15, -0.1) is 34.2 Å². The van der Waals surface area contributed by atoms with Gasteiger partial charge in [-0.2, -0.15) is 0 Å². The zero-order valence-electron chi connectivity index (χ0n) is 17.0. The smallest absolute Gasteiger partial charge is 0.407 e. The van der Waals surface area contributed by atoms with Gasteiger partial charge in [0.15, 0.2) is 5.96 Å². The topological polar surface area (TPSA) is 105 Å². The summed E-state index contributed by atoms with van der Waals surface area (Å²) in [7, 11) is 0. The molecule has 0 radical (unpaired) electrons. The van der Waals surface area contributed by atoms with Gasteiger partial charge in [0, 0.05) is 39.1 Å². The van der Waals surface area contributed by atoms with E-state index in [1.165, 1.54) is 0 Å². The normalized spacial score (nSPS) is 11.5. The second-order valence-corrected chi connectivity index (χ2v) is 6.76. The first-order chi connectivity index (χ1) is 12.4. The number of guanidine groups is 1. The number of aryl methyl sites for hydroxylation is 1. The Balaban J connectivity index is 0.00000676. The molecule has 9 nitrogen and oxygen atoms in total. The van der Waals surface area contributed by atoms with Crippen LogP contribution in [0.5, 0.6) is 0 Å². The standard InChI is InChI=1S/C17H33N7O2.HI/c1-6-14-23-22-13-24(14)12-11-20-15(18-7-2)19-9-8-10-21-16(25)26-17(3,4)5;/h13H,6-12H2,1-5H3,(H,21,25)(H2,18,19,20);1H. The molecule has 0 aliphatic carbocycles. The van der Waals surface area contributed by atoms with E-state index in [4.69, 9.17) is 4.74 Å². The van der Waals surface area contributed by atoms with Gasteiger partial charge >= 0.3 is 6.09 Å². The predicted molar refractivity (Wildman–Crippen MR) is 118 cm³/mol. The number of hydrogen-bond acceptors (Lipinski definition) is 5. The van der Waals surface area contributed by atoms with Crippen molar-refractivity contribution < 1.29 is 9.53 Å². The minimum atomic E-state index is -0.479. The van der Waals surface area contributed by atoms with Crippen molar-refractivity contribution in [3.63, 3.8) is 0 Å². The fourth-order valence-electron chi connectivity index (χ4n) is 2.15. The van der Waals surface area contributed by atoms with Crippen LogP contribution in [-0.4, -0.2) is 58.6 Å². The van der Waals surface area contributed by atoms with Crippen LogP contribution in [-0.2, 0) is 17.7 Å². The van der Waals surface area contributed by atoms with E-state index in [1.807, 2.05) is 32.3 Å². The van der Waals surface area contributed by atoms with Gasteiger partial charge in [-0.25, -0.2) is 4.79 Å². The van der Waals surface area contributed by atoms with Crippen LogP contribution in [0.1, 0.15) is 46.9 Å². The molecule has 0 aliphatic rings. The van der Waals surface area contributed by atoms with E-state index in [2.05, 4.69) is 38.1 Å². The SMILES string of the molecule is CCNC(=NCCCNC(=O)OC(C)(C)C)NCCn1cnnc1CC.I. The highest BCUT2D eigenvalue weighted by molar-refractivity contribution is 14.0. The molecule has 0 aliphatic heterocycles. The molecule has 1 amide bonds. The lowest BCUT2D eigenvalue weighted by molar-refractivity contribution is 0.0527. The van der Waals surface area contributed by atoms with Crippen LogP contribution >= 0.6 is 24.0 Å². The Morgan fingerprint density at radius 2 is 1.96 bits per heavy atom. The molecule has 3 N–H and O–H groups in total. The molecule has 0 aromatic carbocycles. The molecule has 1 heterocycles. The minimum absolute atomic E-state index is 0. The Morgan fingerprint density at radius 3 is 2.59 bits per heavy atom. The van der Waals surface area contributed by atoms with E-state index in [1.54, 1.807) is 6.33 Å². The Labute approximate surface area is 179 Å². The van der Waals surface area contributed by atoms with Crippen LogP contribution in [0, 0.1) is 0 Å². The lowest BCUT2D eigenvalue weighted by atomic mass is 10.2. The molecule has 0 spiro atoms. The molecule has 0 bridgehead atoms. The maximum absolute atomic E-state index is 11.6. The quantitative estimate of drug-likeness (QED) is 0.209. The number of amides is 1. The second-order valence-electron chi connectivity index (χ2n) is 6.76. The first kappa shape index (κ1) is 25.4. The molecule has 10 heteroatoms. The zero-order valence-corrected chi connectivity index (χ0v) is 19.4. The Morgan fingerprint density at radius 1 is 1.22 bits per heavy atom. The van der Waals surface area contributed by atoms with E-state index in [-0.39, 0.29) is 24.0 Å². The van der Waals surface area contributed by atoms with E-state index in [0.717, 1.165) is 44.3 Å². The average Bonchev–Trinajstić information content (AvgIpc) is 3.00. The number of aliphatic imine (C=N–C) groups is 1. The number of halogens is 1. The van der Waals surface area contributed by atoms with Crippen LogP contribution in [0.4, 0.5) is 4.79 Å². The summed E-state index contributed by atoms with van der Waals surface area (Å²) in [6.07, 6.45) is 2.94. The second kappa shape index (κ2) is 13.6. The van der Waals surface area contributed by atoms with Crippen LogP contribution in [0.15, 0.2) is 11.3 Å². The van der Waals surface area contributed by atoms with Crippen molar-refractivity contribution >= 4 is 36.0 Å². The van der Waals surface area contributed by atoms with Gasteiger partial charge in [0.2, 0.25) is 0 Å². The molecule has 156 valence electrons. The summed E-state index contributed by atoms with van der Waals surface area (Å²) in [5.41, 5.74) is -0.479. The Hall–Kier alpha value is -1.59. The molecular formula is C17H34IN7O2. The van der Waals surface area contributed by atoms with Gasteiger partial charge in [0.25, 0.3) is 0 Å². The van der Waals surface area contributed by atoms with Crippen molar-refractivity contribution in [2.45, 2.75) is 59.6 Å². The number of ether oxygens (including phenoxy) is 1. The molecule has 1 aromatic heterocycles. The van der Waals surface area contributed by atoms with Crippen LogP contribution in [0.3, 0.4) is 0 Å². The summed E-state index contributed by atoms with van der Waals surface area (Å²) in [5.74, 6) is 1.73. The van der Waals surface area contributed by atoms with E-state index < -0.39 is 11.7 Å². The molecular weight excluding hydrogens is 461 g/mol. The fourth-order valence-corrected chi connectivity index (χ4v) is 2.15. The monoisotopic (exact) mass is 495 g/mol. The highest BCUT2D eigenvalue weighted by atomic mass is 127. The molecule has 0 saturated heterocycles. The van der Waals surface area contributed by atoms with E-state index in [9.17, 15) is 4.79 Å². The number of carbonyl (C=O) groups excluding carboxylic acids is 1.